The van der Waals surface area contributed by atoms with Crippen molar-refractivity contribution in [1.82, 2.24) is 0 Å². The number of fused-ring (bicyclic) bond motifs is 1. The van der Waals surface area contributed by atoms with Gasteiger partial charge >= 0.3 is 0 Å². The monoisotopic (exact) mass is 278 g/mol. The Hall–Kier alpha value is -2.31. The van der Waals surface area contributed by atoms with E-state index in [2.05, 4.69) is 18.2 Å². The lowest BCUT2D eigenvalue weighted by atomic mass is 9.88. The lowest BCUT2D eigenvalue weighted by Gasteiger charge is -2.22. The quantitative estimate of drug-likeness (QED) is 0.935. The van der Waals surface area contributed by atoms with Crippen LogP contribution in [0.3, 0.4) is 0 Å². The van der Waals surface area contributed by atoms with Gasteiger partial charge in [0, 0.05) is 6.04 Å². The maximum atomic E-state index is 8.78. The first kappa shape index (κ1) is 13.7. The number of nitrogens with two attached hydrogens (primary N) is 1. The Morgan fingerprint density at radius 1 is 1.19 bits per heavy atom. The Morgan fingerprint density at radius 2 is 2.00 bits per heavy atom. The largest absolute Gasteiger partial charge is 0.489 e. The minimum Gasteiger partial charge on any atom is -0.489 e. The van der Waals surface area contributed by atoms with Crippen molar-refractivity contribution in [3.05, 3.63) is 64.7 Å². The Kier molecular flexibility index (Phi) is 3.89. The molecule has 0 amide bonds. The molecule has 1 unspecified atom stereocenters. The molecule has 3 nitrogen and oxygen atoms in total. The van der Waals surface area contributed by atoms with E-state index in [9.17, 15) is 0 Å². The van der Waals surface area contributed by atoms with Crippen molar-refractivity contribution in [2.75, 3.05) is 0 Å². The first-order valence-corrected chi connectivity index (χ1v) is 7.26. The fourth-order valence-electron chi connectivity index (χ4n) is 2.75. The summed E-state index contributed by atoms with van der Waals surface area (Å²) in [4.78, 5) is 0. The first-order chi connectivity index (χ1) is 10.3. The average molecular weight is 278 g/mol. The molecule has 1 aliphatic rings. The molecule has 1 aliphatic carbocycles. The molecule has 21 heavy (non-hydrogen) atoms. The van der Waals surface area contributed by atoms with Crippen molar-refractivity contribution < 1.29 is 4.74 Å². The summed E-state index contributed by atoms with van der Waals surface area (Å²) in [6.45, 7) is 0.500. The van der Waals surface area contributed by atoms with Gasteiger partial charge in [0.05, 0.1) is 11.6 Å². The SMILES string of the molecule is N#Cc1ccc(COc2ccc3c(c2)C(N)CCC3)cc1. The molecule has 106 valence electrons. The van der Waals surface area contributed by atoms with Crippen LogP contribution in [0.2, 0.25) is 0 Å². The van der Waals surface area contributed by atoms with Gasteiger partial charge in [-0.15, -0.1) is 0 Å². The van der Waals surface area contributed by atoms with Crippen LogP contribution < -0.4 is 10.5 Å². The van der Waals surface area contributed by atoms with Gasteiger partial charge in [-0.3, -0.25) is 0 Å². The molecule has 0 saturated heterocycles. The standard InChI is InChI=1S/C18H18N2O/c19-11-13-4-6-14(7-5-13)12-21-16-9-8-15-2-1-3-18(20)17(15)10-16/h4-10,18H,1-3,12,20H2. The van der Waals surface area contributed by atoms with E-state index in [1.165, 1.54) is 17.5 Å². The van der Waals surface area contributed by atoms with Crippen molar-refractivity contribution in [2.24, 2.45) is 5.73 Å². The van der Waals surface area contributed by atoms with E-state index in [-0.39, 0.29) is 6.04 Å². The molecule has 2 aromatic rings. The predicted molar refractivity (Wildman–Crippen MR) is 81.8 cm³/mol. The number of benzene rings is 2. The summed E-state index contributed by atoms with van der Waals surface area (Å²) < 4.78 is 5.84. The molecule has 0 spiro atoms. The number of nitrogens with zero attached hydrogens (tertiary/aromatic N) is 1. The second kappa shape index (κ2) is 5.99. The van der Waals surface area contributed by atoms with E-state index in [1.54, 1.807) is 0 Å². The van der Waals surface area contributed by atoms with Crippen molar-refractivity contribution >= 4 is 0 Å². The third kappa shape index (κ3) is 3.07. The van der Waals surface area contributed by atoms with E-state index in [4.69, 9.17) is 15.7 Å². The summed E-state index contributed by atoms with van der Waals surface area (Å²) >= 11 is 0. The van der Waals surface area contributed by atoms with Crippen LogP contribution >= 0.6 is 0 Å². The van der Waals surface area contributed by atoms with Gasteiger partial charge in [-0.25, -0.2) is 0 Å². The highest BCUT2D eigenvalue weighted by molar-refractivity contribution is 5.39. The number of rotatable bonds is 3. The summed E-state index contributed by atoms with van der Waals surface area (Å²) in [5.74, 6) is 0.857. The Morgan fingerprint density at radius 3 is 2.76 bits per heavy atom. The lowest BCUT2D eigenvalue weighted by Crippen LogP contribution is -2.17. The predicted octanol–water partition coefficient (Wildman–Crippen LogP) is 3.47. The molecule has 0 aliphatic heterocycles. The normalized spacial score (nSPS) is 16.9. The van der Waals surface area contributed by atoms with Crippen LogP contribution in [0, 0.1) is 11.3 Å². The van der Waals surface area contributed by atoms with Crippen LogP contribution in [-0.4, -0.2) is 0 Å². The smallest absolute Gasteiger partial charge is 0.120 e. The van der Waals surface area contributed by atoms with Gasteiger partial charge in [0.1, 0.15) is 12.4 Å². The second-order valence-electron chi connectivity index (χ2n) is 5.46. The molecule has 0 radical (unpaired) electrons. The van der Waals surface area contributed by atoms with Crippen LogP contribution in [0.25, 0.3) is 0 Å². The second-order valence-corrected chi connectivity index (χ2v) is 5.46. The van der Waals surface area contributed by atoms with Crippen molar-refractivity contribution in [3.8, 4) is 11.8 Å². The van der Waals surface area contributed by atoms with Gasteiger partial charge in [0.15, 0.2) is 0 Å². The Bertz CT molecular complexity index is 671. The average Bonchev–Trinajstić information content (AvgIpc) is 2.54. The van der Waals surface area contributed by atoms with Crippen LogP contribution in [-0.2, 0) is 13.0 Å². The number of aryl methyl sites for hydroxylation is 1. The molecular weight excluding hydrogens is 260 g/mol. The summed E-state index contributed by atoms with van der Waals surface area (Å²) in [6, 6.07) is 15.9. The highest BCUT2D eigenvalue weighted by Gasteiger charge is 2.17. The molecule has 0 saturated carbocycles. The molecule has 0 fully saturated rings. The molecule has 2 N–H and O–H groups in total. The number of ether oxygens (including phenoxy) is 1. The molecule has 3 rings (SSSR count). The van der Waals surface area contributed by atoms with Gasteiger partial charge in [-0.1, -0.05) is 18.2 Å². The zero-order chi connectivity index (χ0) is 14.7. The van der Waals surface area contributed by atoms with Gasteiger partial charge < -0.3 is 10.5 Å². The Balaban J connectivity index is 1.70. The first-order valence-electron chi connectivity index (χ1n) is 7.26. The van der Waals surface area contributed by atoms with Crippen LogP contribution in [0.5, 0.6) is 5.75 Å². The third-order valence-electron chi connectivity index (χ3n) is 3.97. The fourth-order valence-corrected chi connectivity index (χ4v) is 2.75. The minimum atomic E-state index is 0.132. The van der Waals surface area contributed by atoms with E-state index in [1.807, 2.05) is 30.3 Å². The minimum absolute atomic E-state index is 0.132. The Labute approximate surface area is 125 Å². The maximum absolute atomic E-state index is 8.78. The number of nitriles is 1. The third-order valence-corrected chi connectivity index (χ3v) is 3.97. The summed E-state index contributed by atoms with van der Waals surface area (Å²) in [7, 11) is 0. The molecule has 0 heterocycles. The number of hydrogen-bond acceptors (Lipinski definition) is 3. The van der Waals surface area contributed by atoms with Gasteiger partial charge in [0.2, 0.25) is 0 Å². The molecule has 0 aromatic heterocycles. The highest BCUT2D eigenvalue weighted by atomic mass is 16.5. The van der Waals surface area contributed by atoms with Crippen molar-refractivity contribution in [2.45, 2.75) is 31.9 Å². The number of hydrogen-bond donors (Lipinski definition) is 1. The highest BCUT2D eigenvalue weighted by Crippen LogP contribution is 2.31. The van der Waals surface area contributed by atoms with E-state index >= 15 is 0 Å². The van der Waals surface area contributed by atoms with Crippen LogP contribution in [0.15, 0.2) is 42.5 Å². The molecular formula is C18H18N2O. The van der Waals surface area contributed by atoms with Crippen LogP contribution in [0.1, 0.15) is 41.1 Å². The molecule has 3 heteroatoms. The fraction of sp³-hybridized carbons (Fsp3) is 0.278. The van der Waals surface area contributed by atoms with Gasteiger partial charge in [0.25, 0.3) is 0 Å². The van der Waals surface area contributed by atoms with E-state index in [0.29, 0.717) is 12.2 Å². The summed E-state index contributed by atoms with van der Waals surface area (Å²) in [5.41, 5.74) is 10.5. The van der Waals surface area contributed by atoms with Crippen LogP contribution in [0.4, 0.5) is 0 Å². The van der Waals surface area contributed by atoms with Crippen molar-refractivity contribution in [3.63, 3.8) is 0 Å². The zero-order valence-electron chi connectivity index (χ0n) is 11.9. The molecule has 0 bridgehead atoms. The molecule has 2 aromatic carbocycles. The van der Waals surface area contributed by atoms with E-state index < -0.39 is 0 Å². The van der Waals surface area contributed by atoms with Gasteiger partial charge in [-0.05, 0) is 60.2 Å². The van der Waals surface area contributed by atoms with Crippen molar-refractivity contribution in [1.29, 1.82) is 5.26 Å². The summed E-state index contributed by atoms with van der Waals surface area (Å²) in [6.07, 6.45) is 3.32. The topological polar surface area (TPSA) is 59.0 Å². The lowest BCUT2D eigenvalue weighted by molar-refractivity contribution is 0.305. The molecule has 1 atom stereocenters. The summed E-state index contributed by atoms with van der Waals surface area (Å²) in [5, 5.41) is 8.78. The van der Waals surface area contributed by atoms with E-state index in [0.717, 1.165) is 24.2 Å². The maximum Gasteiger partial charge on any atom is 0.120 e. The zero-order valence-corrected chi connectivity index (χ0v) is 11.9. The van der Waals surface area contributed by atoms with Gasteiger partial charge in [-0.2, -0.15) is 5.26 Å².